The molecule has 0 atom stereocenters. The minimum Gasteiger partial charge on any atom is -0.312 e. The summed E-state index contributed by atoms with van der Waals surface area (Å²) < 4.78 is 9.90. The number of benzene rings is 4. The van der Waals surface area contributed by atoms with E-state index in [2.05, 4.69) is 160 Å². The summed E-state index contributed by atoms with van der Waals surface area (Å²) in [4.78, 5) is 0. The zero-order valence-electron chi connectivity index (χ0n) is 21.9. The average molecular weight is 549 g/mol. The second-order valence-corrected chi connectivity index (χ2v) is 12.8. The molecule has 1 spiro atoms. The molecule has 0 amide bonds. The topological polar surface area (TPSA) is 64.5 Å². The number of nitrogens with zero attached hydrogens (tertiary/aromatic N) is 8. The first-order chi connectivity index (χ1) is 20.4. The Morgan fingerprint density at radius 1 is 0.317 bits per heavy atom. The predicted octanol–water partition coefficient (Wildman–Crippen LogP) is 6.98. The Morgan fingerprint density at radius 2 is 0.537 bits per heavy atom. The van der Waals surface area contributed by atoms with Gasteiger partial charge in [0.1, 0.15) is 0 Å². The van der Waals surface area contributed by atoms with Crippen molar-refractivity contribution in [1.29, 1.82) is 0 Å². The lowest BCUT2D eigenvalue weighted by Gasteiger charge is -2.49. The number of anilines is 8. The third-order valence-electron chi connectivity index (χ3n) is 7.60. The maximum absolute atomic E-state index is 4.40. The van der Waals surface area contributed by atoms with Crippen molar-refractivity contribution in [2.45, 2.75) is 0 Å². The molecule has 0 fully saturated rings. The van der Waals surface area contributed by atoms with E-state index in [1.165, 1.54) is 0 Å². The molecule has 196 valence electrons. The van der Waals surface area contributed by atoms with E-state index in [0.717, 1.165) is 45.5 Å². The van der Waals surface area contributed by atoms with Gasteiger partial charge < -0.3 is 18.3 Å². The Bertz CT molecular complexity index is 1550. The van der Waals surface area contributed by atoms with Crippen LogP contribution in [0.1, 0.15) is 0 Å². The number of aromatic nitrogens is 4. The van der Waals surface area contributed by atoms with E-state index in [0.29, 0.717) is 0 Å². The van der Waals surface area contributed by atoms with Gasteiger partial charge in [-0.2, -0.15) is 20.4 Å². The van der Waals surface area contributed by atoms with E-state index in [1.54, 1.807) is 0 Å². The Labute approximate surface area is 238 Å². The molecule has 8 rings (SSSR count). The molecule has 0 saturated heterocycles. The molecular formula is C32H24N8Si. The van der Waals surface area contributed by atoms with Crippen molar-refractivity contribution >= 4 is 54.2 Å². The molecule has 6 aromatic rings. The van der Waals surface area contributed by atoms with E-state index in [9.17, 15) is 0 Å². The summed E-state index contributed by atoms with van der Waals surface area (Å²) in [5.74, 6) is 0. The maximum atomic E-state index is 4.40. The van der Waals surface area contributed by atoms with Crippen LogP contribution < -0.4 is 18.3 Å². The van der Waals surface area contributed by atoms with E-state index < -0.39 is 8.72 Å². The third-order valence-corrected chi connectivity index (χ3v) is 12.0. The van der Waals surface area contributed by atoms with Gasteiger partial charge in [0.25, 0.3) is 0 Å². The van der Waals surface area contributed by atoms with Gasteiger partial charge in [0.15, 0.2) is 0 Å². The van der Waals surface area contributed by atoms with Gasteiger partial charge in [0.2, 0.25) is 0 Å². The van der Waals surface area contributed by atoms with Crippen LogP contribution in [0.25, 0.3) is 0 Å². The van der Waals surface area contributed by atoms with Gasteiger partial charge in [0, 0.05) is 22.7 Å². The fourth-order valence-electron chi connectivity index (χ4n) is 6.11. The average Bonchev–Trinajstić information content (AvgIpc) is 3.51. The van der Waals surface area contributed by atoms with E-state index in [-0.39, 0.29) is 0 Å². The fourth-order valence-corrected chi connectivity index (χ4v) is 11.3. The summed E-state index contributed by atoms with van der Waals surface area (Å²) in [5.41, 5.74) is 8.17. The van der Waals surface area contributed by atoms with Gasteiger partial charge in [-0.05, 0) is 48.5 Å². The molecule has 4 aromatic carbocycles. The van der Waals surface area contributed by atoms with Crippen LogP contribution in [0.3, 0.4) is 0 Å². The second kappa shape index (κ2) is 9.28. The molecule has 0 radical (unpaired) electrons. The van der Waals surface area contributed by atoms with Gasteiger partial charge in [-0.25, -0.2) is 0 Å². The molecule has 41 heavy (non-hydrogen) atoms. The molecule has 0 N–H and O–H groups in total. The molecular weight excluding hydrogens is 524 g/mol. The first-order valence-corrected chi connectivity index (χ1v) is 15.2. The monoisotopic (exact) mass is 548 g/mol. The van der Waals surface area contributed by atoms with Crippen molar-refractivity contribution in [2.75, 3.05) is 18.3 Å². The molecule has 0 aliphatic carbocycles. The molecule has 0 saturated carbocycles. The minimum atomic E-state index is -3.39. The van der Waals surface area contributed by atoms with Crippen LogP contribution in [-0.2, 0) is 0 Å². The SMILES string of the molecule is c1ccc(N2c3cnncc3N(c3ccccc3)[Si]23N(c2ccccc2)c2cnncc2N3c2ccccc2)cc1. The zero-order valence-corrected chi connectivity index (χ0v) is 22.9. The van der Waals surface area contributed by atoms with E-state index in [4.69, 9.17) is 0 Å². The summed E-state index contributed by atoms with van der Waals surface area (Å²) in [6, 6.07) is 42.2. The summed E-state index contributed by atoms with van der Waals surface area (Å²) in [6.07, 6.45) is 7.52. The molecule has 9 heteroatoms. The zero-order chi connectivity index (χ0) is 27.2. The maximum Gasteiger partial charge on any atom is 0.522 e. The minimum absolute atomic E-state index is 0.984. The Morgan fingerprint density at radius 3 is 0.756 bits per heavy atom. The molecule has 0 bridgehead atoms. The molecule has 0 unspecified atom stereocenters. The third kappa shape index (κ3) is 3.33. The highest BCUT2D eigenvalue weighted by Crippen LogP contribution is 2.61. The van der Waals surface area contributed by atoms with Crippen molar-refractivity contribution in [3.05, 3.63) is 146 Å². The van der Waals surface area contributed by atoms with Crippen LogP contribution in [0.15, 0.2) is 146 Å². The lowest BCUT2D eigenvalue weighted by atomic mass is 10.2. The van der Waals surface area contributed by atoms with Crippen molar-refractivity contribution in [3.63, 3.8) is 0 Å². The summed E-state index contributed by atoms with van der Waals surface area (Å²) in [7, 11) is -3.39. The summed E-state index contributed by atoms with van der Waals surface area (Å²) >= 11 is 0. The molecule has 2 aromatic heterocycles. The summed E-state index contributed by atoms with van der Waals surface area (Å²) in [6.45, 7) is 0. The molecule has 4 heterocycles. The highest BCUT2D eigenvalue weighted by Gasteiger charge is 2.70. The quantitative estimate of drug-likeness (QED) is 0.219. The second-order valence-electron chi connectivity index (χ2n) is 9.80. The Hall–Kier alpha value is -5.54. The van der Waals surface area contributed by atoms with E-state index >= 15 is 0 Å². The van der Waals surface area contributed by atoms with Crippen LogP contribution in [0.5, 0.6) is 0 Å². The smallest absolute Gasteiger partial charge is 0.312 e. The predicted molar refractivity (Wildman–Crippen MR) is 164 cm³/mol. The summed E-state index contributed by atoms with van der Waals surface area (Å²) in [5, 5.41) is 17.6. The first-order valence-electron chi connectivity index (χ1n) is 13.4. The first kappa shape index (κ1) is 23.4. The Kier molecular flexibility index (Phi) is 5.29. The standard InChI is InChI=1S/C32H24N8Si/c1-5-13-25(14-6-1)37-29-21-33-34-22-30(29)38(26-15-7-2-8-16-26)41(37)39(27-17-9-3-10-18-27)31-23-35-36-24-32(31)40(41)28-19-11-4-12-20-28/h1-24H. The van der Waals surface area contributed by atoms with Gasteiger partial charge in [-0.15, -0.1) is 0 Å². The van der Waals surface area contributed by atoms with Crippen LogP contribution >= 0.6 is 0 Å². The van der Waals surface area contributed by atoms with Crippen molar-refractivity contribution < 1.29 is 0 Å². The van der Waals surface area contributed by atoms with Crippen LogP contribution in [0.2, 0.25) is 0 Å². The normalized spacial score (nSPS) is 14.8. The number of fused-ring (bicyclic) bond motifs is 2. The van der Waals surface area contributed by atoms with Crippen molar-refractivity contribution in [2.24, 2.45) is 0 Å². The van der Waals surface area contributed by atoms with E-state index in [1.807, 2.05) is 24.8 Å². The lowest BCUT2D eigenvalue weighted by molar-refractivity contribution is 1.03. The molecule has 2 aliphatic rings. The highest BCUT2D eigenvalue weighted by atomic mass is 28.4. The van der Waals surface area contributed by atoms with Crippen LogP contribution in [0, 0.1) is 0 Å². The fraction of sp³-hybridized carbons (Fsp3) is 0. The number of para-hydroxylation sites is 4. The van der Waals surface area contributed by atoms with Crippen molar-refractivity contribution in [3.8, 4) is 0 Å². The largest absolute Gasteiger partial charge is 0.522 e. The van der Waals surface area contributed by atoms with Crippen molar-refractivity contribution in [1.82, 2.24) is 20.4 Å². The van der Waals surface area contributed by atoms with Gasteiger partial charge in [-0.3, -0.25) is 0 Å². The van der Waals surface area contributed by atoms with Crippen LogP contribution in [-0.4, -0.2) is 29.1 Å². The van der Waals surface area contributed by atoms with Gasteiger partial charge >= 0.3 is 8.72 Å². The molecule has 2 aliphatic heterocycles. The highest BCUT2D eigenvalue weighted by molar-refractivity contribution is 6.99. The Balaban J connectivity index is 1.57. The number of hydrogen-bond donors (Lipinski definition) is 0. The number of hydrogen-bond acceptors (Lipinski definition) is 8. The number of rotatable bonds is 4. The van der Waals surface area contributed by atoms with Gasteiger partial charge in [0.05, 0.1) is 47.5 Å². The molecule has 8 nitrogen and oxygen atoms in total. The lowest BCUT2D eigenvalue weighted by Crippen LogP contribution is -2.76. The van der Waals surface area contributed by atoms with Crippen LogP contribution in [0.4, 0.5) is 45.5 Å². The van der Waals surface area contributed by atoms with Gasteiger partial charge in [-0.1, -0.05) is 72.8 Å².